The monoisotopic (exact) mass is 288 g/mol. The van der Waals surface area contributed by atoms with Crippen LogP contribution in [0.5, 0.6) is 0 Å². The van der Waals surface area contributed by atoms with Crippen molar-refractivity contribution in [2.24, 2.45) is 0 Å². The molecule has 2 amide bonds. The van der Waals surface area contributed by atoms with Crippen LogP contribution in [0, 0.1) is 0 Å². The number of benzene rings is 1. The molecule has 0 saturated heterocycles. The highest BCUT2D eigenvalue weighted by atomic mass is 16.5. The molecule has 0 fully saturated rings. The molecule has 0 saturated carbocycles. The zero-order chi connectivity index (χ0) is 15.2. The van der Waals surface area contributed by atoms with Crippen molar-refractivity contribution in [3.8, 4) is 0 Å². The molecule has 21 heavy (non-hydrogen) atoms. The summed E-state index contributed by atoms with van der Waals surface area (Å²) < 4.78 is 5.16. The summed E-state index contributed by atoms with van der Waals surface area (Å²) in [6.07, 6.45) is 1.46. The van der Waals surface area contributed by atoms with Crippen LogP contribution in [0.4, 0.5) is 4.79 Å². The van der Waals surface area contributed by atoms with Gasteiger partial charge in [-0.2, -0.15) is 0 Å². The van der Waals surface area contributed by atoms with Crippen molar-refractivity contribution in [1.29, 1.82) is 0 Å². The summed E-state index contributed by atoms with van der Waals surface area (Å²) in [5, 5.41) is 5.54. The van der Waals surface area contributed by atoms with Crippen molar-refractivity contribution in [2.45, 2.75) is 32.7 Å². The number of esters is 1. The number of carbonyl (C=O) groups is 2. The molecule has 0 radical (unpaired) electrons. The molecule has 0 spiro atoms. The van der Waals surface area contributed by atoms with E-state index in [1.165, 1.54) is 0 Å². The third kappa shape index (κ3) is 3.42. The molecule has 1 aromatic carbocycles. The average molecular weight is 288 g/mol. The standard InChI is InChI=1S/C16H20N2O3/c1-3-8-12-13(15(19)21-4-2)14(18-16(20)17-12)11-9-6-5-7-10-11/h5-7,9-10,14H,3-4,8H2,1-2H3,(H2,17,18,20)/t14-/m1/s1. The second kappa shape index (κ2) is 6.92. The van der Waals surface area contributed by atoms with Gasteiger partial charge in [-0.05, 0) is 18.9 Å². The van der Waals surface area contributed by atoms with E-state index in [9.17, 15) is 9.59 Å². The largest absolute Gasteiger partial charge is 0.463 e. The van der Waals surface area contributed by atoms with Gasteiger partial charge in [-0.15, -0.1) is 0 Å². The fraction of sp³-hybridized carbons (Fsp3) is 0.375. The van der Waals surface area contributed by atoms with Gasteiger partial charge in [0.1, 0.15) is 0 Å². The predicted octanol–water partition coefficient (Wildman–Crippen LogP) is 2.66. The van der Waals surface area contributed by atoms with Crippen molar-refractivity contribution in [2.75, 3.05) is 6.61 Å². The van der Waals surface area contributed by atoms with Gasteiger partial charge in [0.05, 0.1) is 18.2 Å². The Balaban J connectivity index is 2.46. The number of allylic oxidation sites excluding steroid dienone is 1. The topological polar surface area (TPSA) is 67.4 Å². The van der Waals surface area contributed by atoms with Crippen LogP contribution in [0.3, 0.4) is 0 Å². The lowest BCUT2D eigenvalue weighted by molar-refractivity contribution is -0.139. The fourth-order valence-electron chi connectivity index (χ4n) is 2.41. The number of urea groups is 1. The van der Waals surface area contributed by atoms with Crippen LogP contribution in [0.15, 0.2) is 41.6 Å². The number of nitrogens with one attached hydrogen (secondary N) is 2. The van der Waals surface area contributed by atoms with Crippen LogP contribution in [-0.4, -0.2) is 18.6 Å². The maximum atomic E-state index is 12.3. The number of carbonyl (C=O) groups excluding carboxylic acids is 2. The van der Waals surface area contributed by atoms with Crippen LogP contribution >= 0.6 is 0 Å². The molecule has 0 unspecified atom stereocenters. The first-order valence-electron chi connectivity index (χ1n) is 7.20. The Hall–Kier alpha value is -2.30. The van der Waals surface area contributed by atoms with Gasteiger partial charge in [0, 0.05) is 5.70 Å². The summed E-state index contributed by atoms with van der Waals surface area (Å²) in [5.74, 6) is -0.387. The first-order valence-corrected chi connectivity index (χ1v) is 7.20. The SMILES string of the molecule is CCCC1=C(C(=O)OCC)[C@@H](c2ccccc2)NC(=O)N1. The molecule has 5 nitrogen and oxygen atoms in total. The van der Waals surface area contributed by atoms with Gasteiger partial charge in [-0.25, -0.2) is 9.59 Å². The Labute approximate surface area is 124 Å². The highest BCUT2D eigenvalue weighted by Crippen LogP contribution is 2.29. The minimum atomic E-state index is -0.472. The summed E-state index contributed by atoms with van der Waals surface area (Å²) in [6.45, 7) is 4.07. The Bertz CT molecular complexity index is 552. The minimum Gasteiger partial charge on any atom is -0.463 e. The molecule has 0 aromatic heterocycles. The van der Waals surface area contributed by atoms with Gasteiger partial charge in [0.2, 0.25) is 0 Å². The average Bonchev–Trinajstić information content (AvgIpc) is 2.48. The lowest BCUT2D eigenvalue weighted by atomic mass is 9.94. The predicted molar refractivity (Wildman–Crippen MR) is 79.4 cm³/mol. The molecule has 1 aliphatic heterocycles. The molecule has 1 heterocycles. The van der Waals surface area contributed by atoms with Gasteiger partial charge >= 0.3 is 12.0 Å². The van der Waals surface area contributed by atoms with Gasteiger partial charge in [-0.1, -0.05) is 43.7 Å². The molecule has 1 aliphatic rings. The molecule has 0 aliphatic carbocycles. The smallest absolute Gasteiger partial charge is 0.338 e. The maximum Gasteiger partial charge on any atom is 0.338 e. The van der Waals surface area contributed by atoms with Gasteiger partial charge in [0.15, 0.2) is 0 Å². The van der Waals surface area contributed by atoms with E-state index in [2.05, 4.69) is 10.6 Å². The third-order valence-corrected chi connectivity index (χ3v) is 3.28. The Morgan fingerprint density at radius 2 is 1.95 bits per heavy atom. The van der Waals surface area contributed by atoms with Crippen LogP contribution in [0.1, 0.15) is 38.3 Å². The summed E-state index contributed by atoms with van der Waals surface area (Å²) in [5.41, 5.74) is 2.00. The fourth-order valence-corrected chi connectivity index (χ4v) is 2.41. The maximum absolute atomic E-state index is 12.3. The Morgan fingerprint density at radius 1 is 1.24 bits per heavy atom. The van der Waals surface area contributed by atoms with E-state index in [0.29, 0.717) is 24.3 Å². The van der Waals surface area contributed by atoms with Crippen LogP contribution in [-0.2, 0) is 9.53 Å². The number of hydrogen-bond acceptors (Lipinski definition) is 3. The van der Waals surface area contributed by atoms with Crippen molar-refractivity contribution >= 4 is 12.0 Å². The first-order chi connectivity index (χ1) is 10.2. The Morgan fingerprint density at radius 3 is 2.57 bits per heavy atom. The number of amides is 2. The molecule has 2 N–H and O–H groups in total. The lowest BCUT2D eigenvalue weighted by Gasteiger charge is -2.29. The molecule has 1 aromatic rings. The van der Waals surface area contributed by atoms with Crippen molar-refractivity contribution in [3.63, 3.8) is 0 Å². The van der Waals surface area contributed by atoms with E-state index in [-0.39, 0.29) is 12.0 Å². The second-order valence-corrected chi connectivity index (χ2v) is 4.80. The van der Waals surface area contributed by atoms with Crippen LogP contribution in [0.25, 0.3) is 0 Å². The van der Waals surface area contributed by atoms with Gasteiger partial charge in [-0.3, -0.25) is 0 Å². The zero-order valence-corrected chi connectivity index (χ0v) is 12.3. The van der Waals surface area contributed by atoms with Crippen LogP contribution in [0.2, 0.25) is 0 Å². The van der Waals surface area contributed by atoms with E-state index >= 15 is 0 Å². The summed E-state index contributed by atoms with van der Waals surface area (Å²) >= 11 is 0. The molecule has 2 rings (SSSR count). The number of ether oxygens (including phenoxy) is 1. The Kier molecular flexibility index (Phi) is 4.98. The number of hydrogen-bond donors (Lipinski definition) is 2. The van der Waals surface area contributed by atoms with Crippen molar-refractivity contribution < 1.29 is 14.3 Å². The normalized spacial score (nSPS) is 18.0. The van der Waals surface area contributed by atoms with Gasteiger partial charge in [0.25, 0.3) is 0 Å². The third-order valence-electron chi connectivity index (χ3n) is 3.28. The van der Waals surface area contributed by atoms with E-state index in [0.717, 1.165) is 12.0 Å². The lowest BCUT2D eigenvalue weighted by Crippen LogP contribution is -2.46. The summed E-state index contributed by atoms with van der Waals surface area (Å²) in [7, 11) is 0. The molecule has 5 heteroatoms. The van der Waals surface area contributed by atoms with Crippen LogP contribution < -0.4 is 10.6 Å². The van der Waals surface area contributed by atoms with E-state index in [1.807, 2.05) is 37.3 Å². The summed E-state index contributed by atoms with van der Waals surface area (Å²) in [6, 6.07) is 8.67. The second-order valence-electron chi connectivity index (χ2n) is 4.80. The van der Waals surface area contributed by atoms with Crippen molar-refractivity contribution in [3.05, 3.63) is 47.2 Å². The molecule has 0 bridgehead atoms. The van der Waals surface area contributed by atoms with E-state index in [1.54, 1.807) is 6.92 Å². The molecular formula is C16H20N2O3. The highest BCUT2D eigenvalue weighted by Gasteiger charge is 2.33. The summed E-state index contributed by atoms with van der Waals surface area (Å²) in [4.78, 5) is 24.2. The minimum absolute atomic E-state index is 0.291. The molecule has 112 valence electrons. The number of rotatable bonds is 5. The zero-order valence-electron chi connectivity index (χ0n) is 12.3. The van der Waals surface area contributed by atoms with Gasteiger partial charge < -0.3 is 15.4 Å². The van der Waals surface area contributed by atoms with E-state index < -0.39 is 6.04 Å². The molecule has 1 atom stereocenters. The first kappa shape index (κ1) is 15.1. The molecular weight excluding hydrogens is 268 g/mol. The van der Waals surface area contributed by atoms with E-state index in [4.69, 9.17) is 4.74 Å². The quantitative estimate of drug-likeness (QED) is 0.818. The van der Waals surface area contributed by atoms with Crippen molar-refractivity contribution in [1.82, 2.24) is 10.6 Å². The highest BCUT2D eigenvalue weighted by molar-refractivity contribution is 5.95.